The van der Waals surface area contributed by atoms with Gasteiger partial charge in [-0.15, -0.1) is 0 Å². The van der Waals surface area contributed by atoms with Crippen LogP contribution in [-0.2, 0) is 6.42 Å². The van der Waals surface area contributed by atoms with Crippen LogP contribution in [0.2, 0.25) is 0 Å². The lowest BCUT2D eigenvalue weighted by molar-refractivity contribution is 0.300. The van der Waals surface area contributed by atoms with Crippen LogP contribution in [0.5, 0.6) is 0 Å². The Labute approximate surface area is 322 Å². The van der Waals surface area contributed by atoms with E-state index >= 15 is 0 Å². The first-order valence-corrected chi connectivity index (χ1v) is 19.0. The van der Waals surface area contributed by atoms with E-state index in [-0.39, 0.29) is 6.61 Å². The summed E-state index contributed by atoms with van der Waals surface area (Å²) in [6.07, 6.45) is 4.49. The summed E-state index contributed by atoms with van der Waals surface area (Å²) in [6, 6.07) is 57.5. The Bertz CT molecular complexity index is 3280. The monoisotopic (exact) mass is 719 g/mol. The highest BCUT2D eigenvalue weighted by Gasteiger charge is 2.24. The van der Waals surface area contributed by atoms with Gasteiger partial charge in [-0.05, 0) is 98.1 Å². The van der Waals surface area contributed by atoms with Crippen molar-refractivity contribution in [3.05, 3.63) is 176 Å². The SMILES string of the molecule is OCCc1c(-c2cnc(-c3[c]ccc4[nH]c(-c5ccc6ccccc6c5)c(-c5cccc6ccccc56)c34)c(-c3ccc4cc[nH]c4c3)c2)[nH]c2ccccc12. The van der Waals surface area contributed by atoms with Crippen molar-refractivity contribution in [2.45, 2.75) is 6.42 Å². The van der Waals surface area contributed by atoms with Crippen molar-refractivity contribution in [1.82, 2.24) is 19.9 Å². The smallest absolute Gasteiger partial charge is 0.0794 e. The van der Waals surface area contributed by atoms with Gasteiger partial charge in [0.1, 0.15) is 0 Å². The number of para-hydroxylation sites is 1. The molecule has 4 N–H and O–H groups in total. The minimum absolute atomic E-state index is 0.0532. The quantitative estimate of drug-likeness (QED) is 0.132. The Kier molecular flexibility index (Phi) is 7.47. The average molecular weight is 720 g/mol. The third kappa shape index (κ3) is 5.17. The summed E-state index contributed by atoms with van der Waals surface area (Å²) in [4.78, 5) is 16.4. The van der Waals surface area contributed by atoms with E-state index in [2.05, 4.69) is 154 Å². The number of nitrogens with zero attached hydrogens (tertiary/aromatic N) is 1. The van der Waals surface area contributed by atoms with Crippen molar-refractivity contribution in [1.29, 1.82) is 0 Å². The van der Waals surface area contributed by atoms with Crippen LogP contribution < -0.4 is 0 Å². The first-order valence-electron chi connectivity index (χ1n) is 19.0. The molecule has 0 bridgehead atoms. The summed E-state index contributed by atoms with van der Waals surface area (Å²) in [7, 11) is 0. The molecule has 265 valence electrons. The first kappa shape index (κ1) is 32.2. The summed E-state index contributed by atoms with van der Waals surface area (Å²) in [5, 5.41) is 18.3. The largest absolute Gasteiger partial charge is 0.396 e. The van der Waals surface area contributed by atoms with Crippen LogP contribution in [-0.4, -0.2) is 31.6 Å². The molecule has 5 nitrogen and oxygen atoms in total. The fourth-order valence-corrected chi connectivity index (χ4v) is 8.70. The molecule has 7 aromatic carbocycles. The van der Waals surface area contributed by atoms with Crippen LogP contribution in [0.4, 0.5) is 0 Å². The van der Waals surface area contributed by atoms with Crippen LogP contribution in [0.15, 0.2) is 164 Å². The molecule has 5 heteroatoms. The summed E-state index contributed by atoms with van der Waals surface area (Å²) >= 11 is 0. The number of fused-ring (bicyclic) bond motifs is 5. The lowest BCUT2D eigenvalue weighted by Gasteiger charge is -2.15. The number of pyridine rings is 1. The Hall–Kier alpha value is -7.21. The number of aliphatic hydroxyl groups excluding tert-OH is 1. The van der Waals surface area contributed by atoms with Gasteiger partial charge in [-0.1, -0.05) is 115 Å². The van der Waals surface area contributed by atoms with Crippen molar-refractivity contribution in [2.75, 3.05) is 6.61 Å². The highest BCUT2D eigenvalue weighted by Crippen LogP contribution is 2.47. The number of aliphatic hydroxyl groups is 1. The summed E-state index contributed by atoms with van der Waals surface area (Å²) in [5.74, 6) is 0. The van der Waals surface area contributed by atoms with Gasteiger partial charge in [-0.25, -0.2) is 0 Å². The summed E-state index contributed by atoms with van der Waals surface area (Å²) in [5.41, 5.74) is 14.4. The van der Waals surface area contributed by atoms with Crippen LogP contribution >= 0.6 is 0 Å². The van der Waals surface area contributed by atoms with Crippen LogP contribution in [0.25, 0.3) is 110 Å². The lowest BCUT2D eigenvalue weighted by Crippen LogP contribution is -1.96. The Morgan fingerprint density at radius 2 is 1.32 bits per heavy atom. The normalized spacial score (nSPS) is 11.8. The van der Waals surface area contributed by atoms with Gasteiger partial charge in [-0.3, -0.25) is 4.98 Å². The molecule has 0 unspecified atom stereocenters. The second kappa shape index (κ2) is 13.0. The van der Waals surface area contributed by atoms with E-state index in [1.807, 2.05) is 30.6 Å². The third-order valence-corrected chi connectivity index (χ3v) is 11.3. The molecule has 4 aromatic heterocycles. The number of nitrogens with one attached hydrogen (secondary N) is 3. The van der Waals surface area contributed by atoms with E-state index in [4.69, 9.17) is 4.98 Å². The van der Waals surface area contributed by atoms with Crippen LogP contribution in [0, 0.1) is 6.07 Å². The third-order valence-electron chi connectivity index (χ3n) is 11.3. The van der Waals surface area contributed by atoms with Gasteiger partial charge >= 0.3 is 0 Å². The highest BCUT2D eigenvalue weighted by atomic mass is 16.3. The van der Waals surface area contributed by atoms with E-state index in [0.717, 1.165) is 94.3 Å². The minimum Gasteiger partial charge on any atom is -0.396 e. The number of aromatic nitrogens is 4. The predicted molar refractivity (Wildman–Crippen MR) is 232 cm³/mol. The maximum Gasteiger partial charge on any atom is 0.0794 e. The minimum atomic E-state index is 0.0532. The van der Waals surface area contributed by atoms with Crippen molar-refractivity contribution in [3.8, 4) is 56.0 Å². The van der Waals surface area contributed by atoms with Crippen LogP contribution in [0.3, 0.4) is 0 Å². The summed E-state index contributed by atoms with van der Waals surface area (Å²) < 4.78 is 0. The molecule has 0 fully saturated rings. The number of hydrogen-bond donors (Lipinski definition) is 4. The number of H-pyrrole nitrogens is 3. The molecule has 0 aliphatic carbocycles. The maximum absolute atomic E-state index is 10.2. The molecule has 0 saturated carbocycles. The second-order valence-electron chi connectivity index (χ2n) is 14.5. The molecule has 0 amide bonds. The molecular formula is C51H35N4O. The van der Waals surface area contributed by atoms with Gasteiger partial charge in [0.15, 0.2) is 0 Å². The molecular weight excluding hydrogens is 685 g/mol. The van der Waals surface area contributed by atoms with E-state index in [1.165, 1.54) is 21.5 Å². The maximum atomic E-state index is 10.2. The van der Waals surface area contributed by atoms with Crippen molar-refractivity contribution in [3.63, 3.8) is 0 Å². The molecule has 0 spiro atoms. The van der Waals surface area contributed by atoms with E-state index in [0.29, 0.717) is 6.42 Å². The molecule has 1 radical (unpaired) electrons. The van der Waals surface area contributed by atoms with Gasteiger partial charge in [-0.2, -0.15) is 0 Å². The predicted octanol–water partition coefficient (Wildman–Crippen LogP) is 12.5. The topological polar surface area (TPSA) is 80.5 Å². The van der Waals surface area contributed by atoms with E-state index < -0.39 is 0 Å². The van der Waals surface area contributed by atoms with E-state index in [1.54, 1.807) is 0 Å². The lowest BCUT2D eigenvalue weighted by atomic mass is 9.89. The van der Waals surface area contributed by atoms with Crippen molar-refractivity contribution < 1.29 is 5.11 Å². The molecule has 11 aromatic rings. The standard InChI is InChI=1S/C51H35N4O/c56-26-24-41-39-14-5-6-17-44(39)54-49(41)37-28-43(35-21-20-33-23-25-52-46(33)29-35)51(53-30-37)42-16-8-18-45-47(42)48(40-15-7-12-32-10-3-4-13-38(32)40)50(55-45)36-22-19-31-9-1-2-11-34(31)27-36/h1-15,17-23,25,27-30,52,54-56H,24,26H2. The molecule has 0 aliphatic rings. The fraction of sp³-hybridized carbons (Fsp3) is 0.0392. The molecule has 0 atom stereocenters. The zero-order valence-corrected chi connectivity index (χ0v) is 30.4. The van der Waals surface area contributed by atoms with Crippen molar-refractivity contribution in [2.24, 2.45) is 0 Å². The Balaban J connectivity index is 1.22. The van der Waals surface area contributed by atoms with Gasteiger partial charge in [0, 0.05) is 68.6 Å². The fourth-order valence-electron chi connectivity index (χ4n) is 8.70. The zero-order valence-electron chi connectivity index (χ0n) is 30.4. The number of rotatable bonds is 7. The zero-order chi connectivity index (χ0) is 37.2. The molecule has 11 rings (SSSR count). The first-order chi connectivity index (χ1) is 27.7. The molecule has 56 heavy (non-hydrogen) atoms. The highest BCUT2D eigenvalue weighted by molar-refractivity contribution is 6.16. The Morgan fingerprint density at radius 3 is 2.23 bits per heavy atom. The number of aromatic amines is 3. The van der Waals surface area contributed by atoms with E-state index in [9.17, 15) is 5.11 Å². The van der Waals surface area contributed by atoms with Gasteiger partial charge in [0.2, 0.25) is 0 Å². The molecule has 0 saturated heterocycles. The van der Waals surface area contributed by atoms with Gasteiger partial charge in [0.05, 0.1) is 17.1 Å². The summed E-state index contributed by atoms with van der Waals surface area (Å²) in [6.45, 7) is 0.0532. The number of benzene rings is 7. The molecule has 4 heterocycles. The Morgan fingerprint density at radius 1 is 0.554 bits per heavy atom. The number of hydrogen-bond acceptors (Lipinski definition) is 2. The second-order valence-corrected chi connectivity index (χ2v) is 14.5. The van der Waals surface area contributed by atoms with Gasteiger partial charge < -0.3 is 20.1 Å². The van der Waals surface area contributed by atoms with Gasteiger partial charge in [0.25, 0.3) is 0 Å². The average Bonchev–Trinajstić information content (AvgIpc) is 3.99. The van der Waals surface area contributed by atoms with Crippen LogP contribution in [0.1, 0.15) is 5.56 Å². The molecule has 0 aliphatic heterocycles. The van der Waals surface area contributed by atoms with Crippen molar-refractivity contribution >= 4 is 54.3 Å².